The van der Waals surface area contributed by atoms with Gasteiger partial charge in [-0.1, -0.05) is 31.5 Å². The lowest BCUT2D eigenvalue weighted by Crippen LogP contribution is -2.58. The molecule has 38 heavy (non-hydrogen) atoms. The average Bonchev–Trinajstić information content (AvgIpc) is 3.51. The molecule has 3 heterocycles. The summed E-state index contributed by atoms with van der Waals surface area (Å²) >= 11 is 0. The summed E-state index contributed by atoms with van der Waals surface area (Å²) in [6.07, 6.45) is 1.66. The van der Waals surface area contributed by atoms with Gasteiger partial charge in [-0.05, 0) is 45.2 Å². The van der Waals surface area contributed by atoms with Crippen LogP contribution < -0.4 is 20.9 Å². The van der Waals surface area contributed by atoms with Crippen molar-refractivity contribution in [1.82, 2.24) is 41.6 Å². The fourth-order valence-corrected chi connectivity index (χ4v) is 3.97. The van der Waals surface area contributed by atoms with Crippen LogP contribution in [0.2, 0.25) is 0 Å². The Bertz CT molecular complexity index is 1150. The minimum atomic E-state index is -1.02. The van der Waals surface area contributed by atoms with E-state index in [4.69, 9.17) is 4.74 Å². The van der Waals surface area contributed by atoms with Crippen molar-refractivity contribution >= 4 is 29.6 Å². The molecule has 14 nitrogen and oxygen atoms in total. The molecule has 2 aromatic heterocycles. The summed E-state index contributed by atoms with van der Waals surface area (Å²) in [6, 6.07) is 0.690. The van der Waals surface area contributed by atoms with Gasteiger partial charge in [0.2, 0.25) is 11.8 Å². The van der Waals surface area contributed by atoms with Crippen LogP contribution in [0.3, 0.4) is 0 Å². The summed E-state index contributed by atoms with van der Waals surface area (Å²) in [5.74, 6) is -1.07. The number of rotatable bonds is 9. The Morgan fingerprint density at radius 3 is 2.58 bits per heavy atom. The molecule has 1 unspecified atom stereocenters. The lowest BCUT2D eigenvalue weighted by Gasteiger charge is -2.29. The van der Waals surface area contributed by atoms with E-state index in [1.807, 2.05) is 13.8 Å². The second-order valence-corrected chi connectivity index (χ2v) is 10.2. The number of hydrogen-bond acceptors (Lipinski definition) is 9. The van der Waals surface area contributed by atoms with Gasteiger partial charge in [-0.15, -0.1) is 10.2 Å². The number of tetrazole rings is 1. The normalized spacial score (nSPS) is 17.1. The van der Waals surface area contributed by atoms with E-state index >= 15 is 0 Å². The number of nitrogens with zero attached hydrogens (tertiary/aromatic N) is 5. The van der Waals surface area contributed by atoms with E-state index in [0.717, 1.165) is 5.56 Å². The van der Waals surface area contributed by atoms with E-state index in [0.29, 0.717) is 18.1 Å². The monoisotopic (exact) mass is 529 g/mol. The second-order valence-electron chi connectivity index (χ2n) is 10.2. The van der Waals surface area contributed by atoms with Crippen LogP contribution in [-0.2, 0) is 32.1 Å². The molecule has 0 bridgehead atoms. The molecular weight excluding hydrogens is 494 g/mol. The van der Waals surface area contributed by atoms with Gasteiger partial charge >= 0.3 is 6.09 Å². The van der Waals surface area contributed by atoms with E-state index in [2.05, 4.69) is 41.6 Å². The summed E-state index contributed by atoms with van der Waals surface area (Å²) < 4.78 is 5.30. The summed E-state index contributed by atoms with van der Waals surface area (Å²) in [7, 11) is 0. The first kappa shape index (κ1) is 28.5. The number of fused-ring (bicyclic) bond motifs is 1. The van der Waals surface area contributed by atoms with Gasteiger partial charge < -0.3 is 20.7 Å². The lowest BCUT2D eigenvalue weighted by molar-refractivity contribution is -0.130. The van der Waals surface area contributed by atoms with Gasteiger partial charge in [-0.2, -0.15) is 5.21 Å². The van der Waals surface area contributed by atoms with Crippen molar-refractivity contribution in [1.29, 1.82) is 0 Å². The van der Waals surface area contributed by atoms with Gasteiger partial charge in [0, 0.05) is 12.6 Å². The van der Waals surface area contributed by atoms with Crippen LogP contribution in [0.25, 0.3) is 0 Å². The molecule has 4 amide bonds. The van der Waals surface area contributed by atoms with Gasteiger partial charge in [-0.3, -0.25) is 19.3 Å². The van der Waals surface area contributed by atoms with Crippen molar-refractivity contribution < 1.29 is 23.9 Å². The minimum Gasteiger partial charge on any atom is -0.444 e. The zero-order valence-electron chi connectivity index (χ0n) is 22.4. The fraction of sp³-hybridized carbons (Fsp3) is 0.583. The smallest absolute Gasteiger partial charge is 0.408 e. The average molecular weight is 530 g/mol. The first-order valence-corrected chi connectivity index (χ1v) is 12.5. The molecule has 1 aliphatic heterocycles. The number of hydrogen-bond donors (Lipinski definition) is 4. The highest BCUT2D eigenvalue weighted by Crippen LogP contribution is 2.30. The van der Waals surface area contributed by atoms with Crippen LogP contribution in [0.5, 0.6) is 0 Å². The van der Waals surface area contributed by atoms with Gasteiger partial charge in [0.05, 0.1) is 6.54 Å². The van der Waals surface area contributed by atoms with Crippen LogP contribution in [0.1, 0.15) is 59.4 Å². The number of aromatic amines is 1. The van der Waals surface area contributed by atoms with Gasteiger partial charge in [0.15, 0.2) is 5.82 Å². The number of carbonyl (C=O) groups excluding carboxylic acids is 4. The zero-order chi connectivity index (χ0) is 28.0. The van der Waals surface area contributed by atoms with Crippen LogP contribution in [0.15, 0.2) is 18.3 Å². The maximum absolute atomic E-state index is 13.6. The number of alkyl carbamates (subject to hydrolysis) is 1. The Kier molecular flexibility index (Phi) is 8.96. The first-order chi connectivity index (χ1) is 17.9. The molecule has 14 heteroatoms. The van der Waals surface area contributed by atoms with E-state index in [-0.39, 0.29) is 18.9 Å². The number of pyridine rings is 1. The van der Waals surface area contributed by atoms with Crippen molar-refractivity contribution in [2.75, 3.05) is 4.90 Å². The Morgan fingerprint density at radius 1 is 1.21 bits per heavy atom. The van der Waals surface area contributed by atoms with E-state index in [1.54, 1.807) is 32.9 Å². The van der Waals surface area contributed by atoms with E-state index in [1.165, 1.54) is 18.0 Å². The third-order valence-corrected chi connectivity index (χ3v) is 6.07. The Hall–Kier alpha value is -4.10. The molecule has 0 saturated heterocycles. The molecule has 206 valence electrons. The molecule has 4 N–H and O–H groups in total. The fourth-order valence-electron chi connectivity index (χ4n) is 3.97. The largest absolute Gasteiger partial charge is 0.444 e. The molecule has 4 atom stereocenters. The Labute approximate surface area is 220 Å². The summed E-state index contributed by atoms with van der Waals surface area (Å²) in [5.41, 5.74) is -0.0117. The van der Waals surface area contributed by atoms with Gasteiger partial charge in [0.1, 0.15) is 29.5 Å². The Balaban J connectivity index is 1.74. The van der Waals surface area contributed by atoms with Crippen molar-refractivity contribution in [3.63, 3.8) is 0 Å². The Morgan fingerprint density at radius 2 is 1.95 bits per heavy atom. The first-order valence-electron chi connectivity index (χ1n) is 12.5. The molecule has 1 aliphatic rings. The quantitative estimate of drug-likeness (QED) is 0.361. The third kappa shape index (κ3) is 7.01. The SMILES string of the molecule is CC[C@H](C)C(NC(=O)OC(C)(C)C)C(=O)N[C@H](C)C(=O)N1c2ncccc2C[C@H]1C(=O)NCc1nn[nH]n1. The maximum Gasteiger partial charge on any atom is 0.408 e. The molecule has 0 aliphatic carbocycles. The van der Waals surface area contributed by atoms with Crippen LogP contribution in [0.4, 0.5) is 10.6 Å². The number of amides is 4. The predicted octanol–water partition coefficient (Wildman–Crippen LogP) is 0.613. The standard InChI is InChI=1S/C24H35N9O5/c1-7-13(2)18(28-23(37)38-24(4,5)6)21(35)27-14(3)22(36)33-16(11-15-9-8-10-25-19(15)33)20(34)26-12-17-29-31-32-30-17/h8-10,13-14,16,18H,7,11-12H2,1-6H3,(H,26,34)(H,27,35)(H,28,37)(H,29,30,31,32)/t13-,14+,16-,18?/m0/s1. The topological polar surface area (TPSA) is 184 Å². The van der Waals surface area contributed by atoms with Crippen molar-refractivity contribution in [2.45, 2.75) is 84.7 Å². The molecule has 2 aromatic rings. The zero-order valence-corrected chi connectivity index (χ0v) is 22.4. The summed E-state index contributed by atoms with van der Waals surface area (Å²) in [4.78, 5) is 57.9. The lowest BCUT2D eigenvalue weighted by atomic mass is 9.98. The number of anilines is 1. The maximum atomic E-state index is 13.6. The van der Waals surface area contributed by atoms with Crippen molar-refractivity contribution in [3.05, 3.63) is 29.7 Å². The highest BCUT2D eigenvalue weighted by molar-refractivity contribution is 6.06. The number of ether oxygens (including phenoxy) is 1. The van der Waals surface area contributed by atoms with Crippen molar-refractivity contribution in [3.8, 4) is 0 Å². The van der Waals surface area contributed by atoms with E-state index < -0.39 is 47.5 Å². The summed E-state index contributed by atoms with van der Waals surface area (Å²) in [5, 5.41) is 21.4. The highest BCUT2D eigenvalue weighted by atomic mass is 16.6. The summed E-state index contributed by atoms with van der Waals surface area (Å²) in [6.45, 7) is 10.4. The minimum absolute atomic E-state index is 0.0247. The number of nitrogens with one attached hydrogen (secondary N) is 4. The molecule has 0 fully saturated rings. The molecule has 0 aromatic carbocycles. The number of aromatic nitrogens is 5. The molecule has 3 rings (SSSR count). The van der Waals surface area contributed by atoms with Gasteiger partial charge in [0.25, 0.3) is 5.91 Å². The molecule has 0 radical (unpaired) electrons. The second kappa shape index (κ2) is 12.0. The van der Waals surface area contributed by atoms with Crippen LogP contribution >= 0.6 is 0 Å². The molecule has 0 spiro atoms. The van der Waals surface area contributed by atoms with Crippen LogP contribution in [0, 0.1) is 5.92 Å². The number of carbonyl (C=O) groups is 4. The third-order valence-electron chi connectivity index (χ3n) is 6.07. The van der Waals surface area contributed by atoms with Crippen LogP contribution in [-0.4, -0.2) is 73.1 Å². The molecule has 0 saturated carbocycles. The van der Waals surface area contributed by atoms with Gasteiger partial charge in [-0.25, -0.2) is 9.78 Å². The number of H-pyrrole nitrogens is 1. The van der Waals surface area contributed by atoms with E-state index in [9.17, 15) is 19.2 Å². The molecular formula is C24H35N9O5. The van der Waals surface area contributed by atoms with Crippen molar-refractivity contribution in [2.24, 2.45) is 5.92 Å². The predicted molar refractivity (Wildman–Crippen MR) is 135 cm³/mol. The highest BCUT2D eigenvalue weighted by Gasteiger charge is 2.41.